The number of carbonyl (C=O) groups is 2. The average molecular weight is 380 g/mol. The summed E-state index contributed by atoms with van der Waals surface area (Å²) in [6, 6.07) is 13.1. The summed E-state index contributed by atoms with van der Waals surface area (Å²) in [5.74, 6) is -0.945. The number of anilines is 1. The zero-order valence-corrected chi connectivity index (χ0v) is 15.6. The molecule has 136 valence electrons. The van der Waals surface area contributed by atoms with Crippen molar-refractivity contribution < 1.29 is 18.7 Å². The minimum absolute atomic E-state index is 0.362. The lowest BCUT2D eigenvalue weighted by Crippen LogP contribution is -2.20. The number of para-hydroxylation sites is 1. The second kappa shape index (κ2) is 6.85. The molecule has 0 fully saturated rings. The Bertz CT molecular complexity index is 1180. The fourth-order valence-corrected chi connectivity index (χ4v) is 3.73. The van der Waals surface area contributed by atoms with Crippen LogP contribution in [0.1, 0.15) is 20.4 Å². The third-order valence-corrected chi connectivity index (χ3v) is 5.14. The van der Waals surface area contributed by atoms with E-state index in [1.54, 1.807) is 19.1 Å². The van der Waals surface area contributed by atoms with Gasteiger partial charge in [0.25, 0.3) is 5.91 Å². The third-order valence-electron chi connectivity index (χ3n) is 4.08. The largest absolute Gasteiger partial charge is 0.456 e. The van der Waals surface area contributed by atoms with Gasteiger partial charge in [-0.05, 0) is 38.1 Å². The van der Waals surface area contributed by atoms with Crippen molar-refractivity contribution in [2.75, 3.05) is 11.9 Å². The van der Waals surface area contributed by atoms with Gasteiger partial charge in [0, 0.05) is 16.5 Å². The van der Waals surface area contributed by atoms with E-state index in [0.717, 1.165) is 26.9 Å². The number of hydrogen-bond acceptors (Lipinski definition) is 6. The van der Waals surface area contributed by atoms with Gasteiger partial charge in [0.2, 0.25) is 0 Å². The van der Waals surface area contributed by atoms with Gasteiger partial charge in [0.1, 0.15) is 16.0 Å². The number of furan rings is 1. The van der Waals surface area contributed by atoms with E-state index in [9.17, 15) is 9.59 Å². The molecule has 0 saturated heterocycles. The number of rotatable bonds is 4. The smallest absolute Gasteiger partial charge is 0.350 e. The molecular formula is C20H16N2O4S. The van der Waals surface area contributed by atoms with Crippen molar-refractivity contribution in [1.29, 1.82) is 0 Å². The lowest BCUT2D eigenvalue weighted by Gasteiger charge is -2.06. The van der Waals surface area contributed by atoms with Crippen molar-refractivity contribution in [2.45, 2.75) is 13.8 Å². The zero-order valence-electron chi connectivity index (χ0n) is 14.7. The molecular weight excluding hydrogens is 364 g/mol. The zero-order chi connectivity index (χ0) is 19.0. The Morgan fingerprint density at radius 1 is 1.11 bits per heavy atom. The van der Waals surface area contributed by atoms with Gasteiger partial charge in [0.15, 0.2) is 6.61 Å². The molecule has 0 unspecified atom stereocenters. The van der Waals surface area contributed by atoms with Crippen LogP contribution in [-0.4, -0.2) is 23.5 Å². The van der Waals surface area contributed by atoms with Crippen molar-refractivity contribution in [1.82, 2.24) is 4.98 Å². The van der Waals surface area contributed by atoms with E-state index in [2.05, 4.69) is 10.3 Å². The monoisotopic (exact) mass is 380 g/mol. The number of nitrogens with zero attached hydrogens (tertiary/aromatic N) is 1. The SMILES string of the molecule is Cc1nc(C)c(C(=O)OCC(=O)Nc2ccc3oc4ccccc4c3c2)s1. The van der Waals surface area contributed by atoms with Crippen molar-refractivity contribution in [3.63, 3.8) is 0 Å². The number of aromatic nitrogens is 1. The highest BCUT2D eigenvalue weighted by molar-refractivity contribution is 7.13. The molecule has 0 aliphatic heterocycles. The fourth-order valence-electron chi connectivity index (χ4n) is 2.92. The van der Waals surface area contributed by atoms with E-state index in [0.29, 0.717) is 16.3 Å². The van der Waals surface area contributed by atoms with Crippen LogP contribution < -0.4 is 5.32 Å². The molecule has 27 heavy (non-hydrogen) atoms. The van der Waals surface area contributed by atoms with Gasteiger partial charge in [0.05, 0.1) is 10.7 Å². The highest BCUT2D eigenvalue weighted by Gasteiger charge is 2.17. The standard InChI is InChI=1S/C20H16N2O4S/c1-11-19(27-12(2)21-11)20(24)25-10-18(23)22-13-7-8-17-15(9-13)14-5-3-4-6-16(14)26-17/h3-9H,10H2,1-2H3,(H,22,23). The molecule has 2 aromatic heterocycles. The van der Waals surface area contributed by atoms with Crippen LogP contribution in [0.3, 0.4) is 0 Å². The van der Waals surface area contributed by atoms with Gasteiger partial charge >= 0.3 is 5.97 Å². The minimum Gasteiger partial charge on any atom is -0.456 e. The summed E-state index contributed by atoms with van der Waals surface area (Å²) < 4.78 is 10.9. The van der Waals surface area contributed by atoms with Crippen LogP contribution in [-0.2, 0) is 9.53 Å². The number of fused-ring (bicyclic) bond motifs is 3. The van der Waals surface area contributed by atoms with Crippen molar-refractivity contribution in [2.24, 2.45) is 0 Å². The number of hydrogen-bond donors (Lipinski definition) is 1. The summed E-state index contributed by atoms with van der Waals surface area (Å²) in [6.07, 6.45) is 0. The van der Waals surface area contributed by atoms with E-state index in [1.807, 2.05) is 37.3 Å². The van der Waals surface area contributed by atoms with Gasteiger partial charge in [-0.15, -0.1) is 11.3 Å². The second-order valence-electron chi connectivity index (χ2n) is 6.08. The van der Waals surface area contributed by atoms with E-state index in [4.69, 9.17) is 9.15 Å². The summed E-state index contributed by atoms with van der Waals surface area (Å²) in [7, 11) is 0. The number of nitrogens with one attached hydrogen (secondary N) is 1. The predicted molar refractivity (Wildman–Crippen MR) is 104 cm³/mol. The van der Waals surface area contributed by atoms with Gasteiger partial charge in [-0.25, -0.2) is 9.78 Å². The van der Waals surface area contributed by atoms with Crippen LogP contribution in [0.2, 0.25) is 0 Å². The summed E-state index contributed by atoms with van der Waals surface area (Å²) in [6.45, 7) is 3.20. The third kappa shape index (κ3) is 3.41. The molecule has 0 bridgehead atoms. The highest BCUT2D eigenvalue weighted by atomic mass is 32.1. The summed E-state index contributed by atoms with van der Waals surface area (Å²) in [5, 5.41) is 5.42. The van der Waals surface area contributed by atoms with E-state index in [-0.39, 0.29) is 6.61 Å². The first kappa shape index (κ1) is 17.2. The normalized spacial score (nSPS) is 11.0. The molecule has 0 aliphatic rings. The lowest BCUT2D eigenvalue weighted by atomic mass is 10.1. The lowest BCUT2D eigenvalue weighted by molar-refractivity contribution is -0.119. The first-order valence-corrected chi connectivity index (χ1v) is 9.15. The van der Waals surface area contributed by atoms with Gasteiger partial charge in [-0.3, -0.25) is 4.79 Å². The van der Waals surface area contributed by atoms with Crippen molar-refractivity contribution >= 4 is 50.8 Å². The number of amides is 1. The van der Waals surface area contributed by atoms with Crippen LogP contribution in [0.15, 0.2) is 46.9 Å². The number of benzene rings is 2. The molecule has 1 amide bonds. The fraction of sp³-hybridized carbons (Fsp3) is 0.150. The Kier molecular flexibility index (Phi) is 4.37. The molecule has 0 radical (unpaired) electrons. The van der Waals surface area contributed by atoms with Crippen LogP contribution >= 0.6 is 11.3 Å². The van der Waals surface area contributed by atoms with E-state index in [1.165, 1.54) is 11.3 Å². The second-order valence-corrected chi connectivity index (χ2v) is 7.28. The predicted octanol–water partition coefficient (Wildman–Crippen LogP) is 4.45. The molecule has 0 spiro atoms. The minimum atomic E-state index is -0.537. The summed E-state index contributed by atoms with van der Waals surface area (Å²) in [4.78, 5) is 28.8. The highest BCUT2D eigenvalue weighted by Crippen LogP contribution is 2.30. The molecule has 0 aliphatic carbocycles. The average Bonchev–Trinajstić information content (AvgIpc) is 3.19. The van der Waals surface area contributed by atoms with Crippen LogP contribution in [0.4, 0.5) is 5.69 Å². The molecule has 0 saturated carbocycles. The van der Waals surface area contributed by atoms with E-state index < -0.39 is 11.9 Å². The van der Waals surface area contributed by atoms with Crippen molar-refractivity contribution in [3.8, 4) is 0 Å². The van der Waals surface area contributed by atoms with Crippen LogP contribution in [0.5, 0.6) is 0 Å². The number of aryl methyl sites for hydroxylation is 2. The topological polar surface area (TPSA) is 81.4 Å². The number of carbonyl (C=O) groups excluding carboxylic acids is 2. The molecule has 4 rings (SSSR count). The summed E-state index contributed by atoms with van der Waals surface area (Å²) in [5.41, 5.74) is 2.76. The Balaban J connectivity index is 1.45. The Hall–Kier alpha value is -3.19. The maximum absolute atomic E-state index is 12.2. The maximum atomic E-state index is 12.2. The number of ether oxygens (including phenoxy) is 1. The Morgan fingerprint density at radius 2 is 1.89 bits per heavy atom. The Labute approximate surface area is 158 Å². The van der Waals surface area contributed by atoms with E-state index >= 15 is 0 Å². The Morgan fingerprint density at radius 3 is 2.67 bits per heavy atom. The first-order valence-electron chi connectivity index (χ1n) is 8.33. The molecule has 6 nitrogen and oxygen atoms in total. The molecule has 1 N–H and O–H groups in total. The van der Waals surface area contributed by atoms with Crippen molar-refractivity contribution in [3.05, 3.63) is 58.0 Å². The molecule has 2 aromatic carbocycles. The summed E-state index contributed by atoms with van der Waals surface area (Å²) >= 11 is 1.25. The molecule has 4 aromatic rings. The maximum Gasteiger partial charge on any atom is 0.350 e. The molecule has 2 heterocycles. The molecule has 0 atom stereocenters. The van der Waals surface area contributed by atoms with Gasteiger partial charge in [-0.2, -0.15) is 0 Å². The molecule has 7 heteroatoms. The van der Waals surface area contributed by atoms with Crippen LogP contribution in [0, 0.1) is 13.8 Å². The van der Waals surface area contributed by atoms with Crippen LogP contribution in [0.25, 0.3) is 21.9 Å². The first-order chi connectivity index (χ1) is 13.0. The quantitative estimate of drug-likeness (QED) is 0.529. The number of esters is 1. The van der Waals surface area contributed by atoms with Gasteiger partial charge < -0.3 is 14.5 Å². The number of thiazole rings is 1. The van der Waals surface area contributed by atoms with Gasteiger partial charge in [-0.1, -0.05) is 18.2 Å².